The van der Waals surface area contributed by atoms with Crippen LogP contribution in [-0.2, 0) is 11.2 Å². The maximum absolute atomic E-state index is 12.6. The fourth-order valence-electron chi connectivity index (χ4n) is 3.97. The molecule has 1 fully saturated rings. The lowest BCUT2D eigenvalue weighted by molar-refractivity contribution is 0.0473. The van der Waals surface area contributed by atoms with Crippen LogP contribution in [0.1, 0.15) is 60.0 Å². The van der Waals surface area contributed by atoms with Crippen molar-refractivity contribution in [2.75, 3.05) is 6.61 Å². The first-order chi connectivity index (χ1) is 12.3. The lowest BCUT2D eigenvalue weighted by Gasteiger charge is -2.23. The van der Waals surface area contributed by atoms with E-state index in [1.54, 1.807) is 0 Å². The van der Waals surface area contributed by atoms with Crippen LogP contribution in [0.4, 0.5) is 0 Å². The number of hydrogen-bond donors (Lipinski definition) is 0. The van der Waals surface area contributed by atoms with Gasteiger partial charge in [0.05, 0.1) is 12.2 Å². The summed E-state index contributed by atoms with van der Waals surface area (Å²) in [4.78, 5) is 12.6. The maximum atomic E-state index is 12.6. The fraction of sp³-hybridized carbons (Fsp3) is 0.409. The van der Waals surface area contributed by atoms with Crippen LogP contribution < -0.4 is 4.74 Å². The Kier molecular flexibility index (Phi) is 4.73. The minimum Gasteiger partial charge on any atom is -0.462 e. The van der Waals surface area contributed by atoms with Crippen LogP contribution in [0.5, 0.6) is 11.5 Å². The summed E-state index contributed by atoms with van der Waals surface area (Å²) in [6.07, 6.45) is 8.25. The Labute approximate surface area is 149 Å². The molecule has 2 aromatic carbocycles. The Morgan fingerprint density at radius 1 is 1.00 bits per heavy atom. The van der Waals surface area contributed by atoms with Crippen molar-refractivity contribution >= 4 is 5.97 Å². The van der Waals surface area contributed by atoms with Crippen molar-refractivity contribution in [2.24, 2.45) is 5.92 Å². The standard InChI is InChI=1S/C22H24O3/c23-22(24-14-13-16-7-2-1-3-8-16)18-10-6-12-21-19(18)15-17-9-4-5-11-20(17)25-21/h4-6,9-12,16H,1-3,7-8,13-15H2. The number of benzene rings is 2. The van der Waals surface area contributed by atoms with Crippen LogP contribution in [0.15, 0.2) is 42.5 Å². The Balaban J connectivity index is 1.43. The van der Waals surface area contributed by atoms with E-state index < -0.39 is 0 Å². The summed E-state index contributed by atoms with van der Waals surface area (Å²) in [5.74, 6) is 2.13. The van der Waals surface area contributed by atoms with E-state index in [4.69, 9.17) is 9.47 Å². The van der Waals surface area contributed by atoms with Gasteiger partial charge in [-0.05, 0) is 36.1 Å². The quantitative estimate of drug-likeness (QED) is 0.589. The third-order valence-electron chi connectivity index (χ3n) is 5.40. The van der Waals surface area contributed by atoms with Gasteiger partial charge in [-0.1, -0.05) is 56.4 Å². The first kappa shape index (κ1) is 16.2. The minimum absolute atomic E-state index is 0.226. The van der Waals surface area contributed by atoms with Crippen molar-refractivity contribution in [1.82, 2.24) is 0 Å². The molecule has 2 aliphatic rings. The van der Waals surface area contributed by atoms with E-state index in [9.17, 15) is 4.79 Å². The normalized spacial score (nSPS) is 16.5. The zero-order valence-corrected chi connectivity index (χ0v) is 14.5. The molecule has 1 aliphatic heterocycles. The average molecular weight is 336 g/mol. The minimum atomic E-state index is -0.226. The number of esters is 1. The predicted molar refractivity (Wildman–Crippen MR) is 97.2 cm³/mol. The third-order valence-corrected chi connectivity index (χ3v) is 5.40. The summed E-state index contributed by atoms with van der Waals surface area (Å²) >= 11 is 0. The Bertz CT molecular complexity index is 760. The molecule has 0 bridgehead atoms. The molecule has 0 radical (unpaired) electrons. The van der Waals surface area contributed by atoms with Gasteiger partial charge in [0.2, 0.25) is 0 Å². The smallest absolute Gasteiger partial charge is 0.338 e. The third kappa shape index (κ3) is 3.55. The van der Waals surface area contributed by atoms with E-state index in [0.717, 1.165) is 35.0 Å². The van der Waals surface area contributed by atoms with Gasteiger partial charge in [-0.2, -0.15) is 0 Å². The highest BCUT2D eigenvalue weighted by Crippen LogP contribution is 2.38. The summed E-state index contributed by atoms with van der Waals surface area (Å²) < 4.78 is 11.6. The number of carbonyl (C=O) groups is 1. The van der Waals surface area contributed by atoms with Gasteiger partial charge in [0.15, 0.2) is 0 Å². The molecule has 0 unspecified atom stereocenters. The highest BCUT2D eigenvalue weighted by molar-refractivity contribution is 5.92. The van der Waals surface area contributed by atoms with Crippen LogP contribution in [0.2, 0.25) is 0 Å². The van der Waals surface area contributed by atoms with Crippen molar-refractivity contribution in [3.8, 4) is 11.5 Å². The van der Waals surface area contributed by atoms with Gasteiger partial charge in [-0.15, -0.1) is 0 Å². The van der Waals surface area contributed by atoms with Gasteiger partial charge in [0, 0.05) is 12.0 Å². The van der Waals surface area contributed by atoms with E-state index in [1.165, 1.54) is 32.1 Å². The van der Waals surface area contributed by atoms with E-state index in [2.05, 4.69) is 0 Å². The summed E-state index contributed by atoms with van der Waals surface area (Å²) in [5, 5.41) is 0. The first-order valence-electron chi connectivity index (χ1n) is 9.36. The topological polar surface area (TPSA) is 35.5 Å². The zero-order chi connectivity index (χ0) is 17.1. The van der Waals surface area contributed by atoms with Crippen LogP contribution in [0.3, 0.4) is 0 Å². The molecule has 0 N–H and O–H groups in total. The van der Waals surface area contributed by atoms with Crippen molar-refractivity contribution in [2.45, 2.75) is 44.9 Å². The van der Waals surface area contributed by atoms with E-state index in [0.29, 0.717) is 18.6 Å². The molecule has 2 aromatic rings. The number of para-hydroxylation sites is 1. The molecule has 0 saturated heterocycles. The first-order valence-corrected chi connectivity index (χ1v) is 9.36. The van der Waals surface area contributed by atoms with Gasteiger partial charge < -0.3 is 9.47 Å². The highest BCUT2D eigenvalue weighted by Gasteiger charge is 2.23. The molecule has 130 valence electrons. The summed E-state index contributed by atoms with van der Waals surface area (Å²) in [6, 6.07) is 13.6. The van der Waals surface area contributed by atoms with Crippen LogP contribution in [0.25, 0.3) is 0 Å². The van der Waals surface area contributed by atoms with Crippen LogP contribution >= 0.6 is 0 Å². The maximum Gasteiger partial charge on any atom is 0.338 e. The Morgan fingerprint density at radius 3 is 2.68 bits per heavy atom. The molecule has 1 heterocycles. The summed E-state index contributed by atoms with van der Waals surface area (Å²) in [7, 11) is 0. The zero-order valence-electron chi connectivity index (χ0n) is 14.5. The molecule has 0 atom stereocenters. The lowest BCUT2D eigenvalue weighted by atomic mass is 9.87. The van der Waals surface area contributed by atoms with Gasteiger partial charge >= 0.3 is 5.97 Å². The number of fused-ring (bicyclic) bond motifs is 2. The van der Waals surface area contributed by atoms with Crippen molar-refractivity contribution < 1.29 is 14.3 Å². The molecule has 4 rings (SSSR count). The molecule has 3 nitrogen and oxygen atoms in total. The molecule has 3 heteroatoms. The fourth-order valence-corrected chi connectivity index (χ4v) is 3.97. The van der Waals surface area contributed by atoms with Crippen LogP contribution in [-0.4, -0.2) is 12.6 Å². The Morgan fingerprint density at radius 2 is 1.80 bits per heavy atom. The number of carbonyl (C=O) groups excluding carboxylic acids is 1. The number of rotatable bonds is 4. The number of hydrogen-bond acceptors (Lipinski definition) is 3. The molecule has 1 saturated carbocycles. The molecule has 1 aliphatic carbocycles. The van der Waals surface area contributed by atoms with Gasteiger partial charge in [0.1, 0.15) is 11.5 Å². The SMILES string of the molecule is O=C(OCCC1CCCCC1)c1cccc2c1Cc1ccccc1O2. The van der Waals surface area contributed by atoms with Crippen molar-refractivity contribution in [3.05, 3.63) is 59.2 Å². The van der Waals surface area contributed by atoms with Gasteiger partial charge in [-0.3, -0.25) is 0 Å². The molecule has 25 heavy (non-hydrogen) atoms. The largest absolute Gasteiger partial charge is 0.462 e. The second kappa shape index (κ2) is 7.30. The summed E-state index contributed by atoms with van der Waals surface area (Å²) in [5.41, 5.74) is 2.68. The molecular weight excluding hydrogens is 312 g/mol. The second-order valence-electron chi connectivity index (χ2n) is 7.10. The van der Waals surface area contributed by atoms with Gasteiger partial charge in [0.25, 0.3) is 0 Å². The Hall–Kier alpha value is -2.29. The van der Waals surface area contributed by atoms with Crippen molar-refractivity contribution in [3.63, 3.8) is 0 Å². The predicted octanol–water partition coefficient (Wildman–Crippen LogP) is 5.51. The lowest BCUT2D eigenvalue weighted by Crippen LogP contribution is -2.15. The van der Waals surface area contributed by atoms with E-state index in [1.807, 2.05) is 42.5 Å². The molecule has 0 aromatic heterocycles. The van der Waals surface area contributed by atoms with Crippen molar-refractivity contribution in [1.29, 1.82) is 0 Å². The molecule has 0 spiro atoms. The number of ether oxygens (including phenoxy) is 2. The van der Waals surface area contributed by atoms with E-state index >= 15 is 0 Å². The monoisotopic (exact) mass is 336 g/mol. The van der Waals surface area contributed by atoms with E-state index in [-0.39, 0.29) is 5.97 Å². The molecular formula is C22H24O3. The van der Waals surface area contributed by atoms with Gasteiger partial charge in [-0.25, -0.2) is 4.79 Å². The van der Waals surface area contributed by atoms with Crippen LogP contribution in [0, 0.1) is 5.92 Å². The summed E-state index contributed by atoms with van der Waals surface area (Å²) in [6.45, 7) is 0.518. The second-order valence-corrected chi connectivity index (χ2v) is 7.10. The molecule has 0 amide bonds. The average Bonchev–Trinajstić information content (AvgIpc) is 2.66. The highest BCUT2D eigenvalue weighted by atomic mass is 16.5.